The van der Waals surface area contributed by atoms with Gasteiger partial charge in [-0.15, -0.1) is 0 Å². The highest BCUT2D eigenvalue weighted by Crippen LogP contribution is 2.17. The van der Waals surface area contributed by atoms with Crippen molar-refractivity contribution in [1.29, 1.82) is 0 Å². The van der Waals surface area contributed by atoms with Gasteiger partial charge in [0.1, 0.15) is 5.82 Å². The summed E-state index contributed by atoms with van der Waals surface area (Å²) in [7, 11) is 4.07. The van der Waals surface area contributed by atoms with E-state index in [1.165, 1.54) is 0 Å². The molecular formula is C16H28N6O2. The molecular weight excluding hydrogens is 308 g/mol. The van der Waals surface area contributed by atoms with E-state index < -0.39 is 0 Å². The van der Waals surface area contributed by atoms with Gasteiger partial charge in [-0.25, -0.2) is 9.78 Å². The van der Waals surface area contributed by atoms with E-state index in [1.54, 1.807) is 4.90 Å². The second-order valence-electron chi connectivity index (χ2n) is 6.09. The van der Waals surface area contributed by atoms with Gasteiger partial charge in [-0.3, -0.25) is 0 Å². The smallest absolute Gasteiger partial charge is 0.409 e. The van der Waals surface area contributed by atoms with Gasteiger partial charge in [0.15, 0.2) is 0 Å². The Bertz CT molecular complexity index is 543. The Labute approximate surface area is 143 Å². The van der Waals surface area contributed by atoms with E-state index in [0.717, 1.165) is 37.7 Å². The number of piperazine rings is 1. The number of likely N-dealkylation sites (N-methyl/N-ethyl adjacent to an activating group) is 1. The van der Waals surface area contributed by atoms with Gasteiger partial charge in [0.25, 0.3) is 0 Å². The number of carbonyl (C=O) groups excluding carboxylic acids is 1. The largest absolute Gasteiger partial charge is 0.450 e. The third-order valence-electron chi connectivity index (χ3n) is 3.81. The zero-order valence-corrected chi connectivity index (χ0v) is 15.1. The summed E-state index contributed by atoms with van der Waals surface area (Å²) in [6.07, 6.45) is -0.234. The molecule has 1 aliphatic heterocycles. The van der Waals surface area contributed by atoms with Crippen LogP contribution in [0.3, 0.4) is 0 Å². The van der Waals surface area contributed by atoms with Crippen molar-refractivity contribution in [2.75, 3.05) is 70.2 Å². The standard InChI is InChI=1S/C16H28N6O2/c1-5-24-16(23)22-10-8-21(9-11-22)14-12-13(2)18-15(19-14)17-6-7-20(3)4/h12H,5-11H2,1-4H3,(H,17,18,19). The molecule has 0 unspecified atom stereocenters. The Hall–Kier alpha value is -2.09. The Morgan fingerprint density at radius 1 is 1.29 bits per heavy atom. The molecule has 0 radical (unpaired) electrons. The van der Waals surface area contributed by atoms with E-state index in [0.29, 0.717) is 25.6 Å². The summed E-state index contributed by atoms with van der Waals surface area (Å²) in [5.41, 5.74) is 0.931. The molecule has 0 bridgehead atoms. The molecule has 2 heterocycles. The van der Waals surface area contributed by atoms with Crippen LogP contribution in [0, 0.1) is 6.92 Å². The van der Waals surface area contributed by atoms with Gasteiger partial charge in [-0.1, -0.05) is 0 Å². The highest BCUT2D eigenvalue weighted by molar-refractivity contribution is 5.68. The lowest BCUT2D eigenvalue weighted by Gasteiger charge is -2.34. The number of anilines is 2. The number of aryl methyl sites for hydroxylation is 1. The molecule has 8 nitrogen and oxygen atoms in total. The molecule has 1 fully saturated rings. The van der Waals surface area contributed by atoms with E-state index in [-0.39, 0.29) is 6.09 Å². The average Bonchev–Trinajstić information content (AvgIpc) is 2.54. The summed E-state index contributed by atoms with van der Waals surface area (Å²) >= 11 is 0. The van der Waals surface area contributed by atoms with Gasteiger partial charge in [-0.2, -0.15) is 4.98 Å². The fourth-order valence-corrected chi connectivity index (χ4v) is 2.52. The van der Waals surface area contributed by atoms with Gasteiger partial charge < -0.3 is 24.8 Å². The minimum absolute atomic E-state index is 0.234. The summed E-state index contributed by atoms with van der Waals surface area (Å²) in [4.78, 5) is 26.9. The Balaban J connectivity index is 1.94. The second-order valence-corrected chi connectivity index (χ2v) is 6.09. The molecule has 24 heavy (non-hydrogen) atoms. The molecule has 134 valence electrons. The molecule has 0 spiro atoms. The molecule has 1 aliphatic rings. The fraction of sp³-hybridized carbons (Fsp3) is 0.688. The monoisotopic (exact) mass is 336 g/mol. The number of aromatic nitrogens is 2. The van der Waals surface area contributed by atoms with E-state index >= 15 is 0 Å². The van der Waals surface area contributed by atoms with Crippen LogP contribution in [0.15, 0.2) is 6.07 Å². The first kappa shape index (κ1) is 18.3. The summed E-state index contributed by atoms with van der Waals surface area (Å²) < 4.78 is 5.05. The lowest BCUT2D eigenvalue weighted by molar-refractivity contribution is 0.105. The number of amides is 1. The van der Waals surface area contributed by atoms with E-state index in [1.807, 2.05) is 34.0 Å². The fourth-order valence-electron chi connectivity index (χ4n) is 2.52. The lowest BCUT2D eigenvalue weighted by Crippen LogP contribution is -2.49. The third kappa shape index (κ3) is 5.23. The Kier molecular flexibility index (Phi) is 6.60. The molecule has 2 rings (SSSR count). The lowest BCUT2D eigenvalue weighted by atomic mass is 10.3. The quantitative estimate of drug-likeness (QED) is 0.832. The van der Waals surface area contributed by atoms with Crippen LogP contribution in [-0.4, -0.2) is 85.8 Å². The van der Waals surface area contributed by atoms with Crippen LogP contribution >= 0.6 is 0 Å². The van der Waals surface area contributed by atoms with Crippen molar-refractivity contribution in [2.24, 2.45) is 0 Å². The molecule has 0 atom stereocenters. The summed E-state index contributed by atoms with van der Waals surface area (Å²) in [6, 6.07) is 1.98. The molecule has 1 amide bonds. The summed E-state index contributed by atoms with van der Waals surface area (Å²) in [5.74, 6) is 1.55. The van der Waals surface area contributed by atoms with E-state index in [4.69, 9.17) is 4.74 Å². The Morgan fingerprint density at radius 3 is 2.62 bits per heavy atom. The zero-order chi connectivity index (χ0) is 17.5. The van der Waals surface area contributed by atoms with Crippen LogP contribution in [0.25, 0.3) is 0 Å². The van der Waals surface area contributed by atoms with Crippen LogP contribution in [0.5, 0.6) is 0 Å². The van der Waals surface area contributed by atoms with Crippen molar-refractivity contribution >= 4 is 17.9 Å². The maximum atomic E-state index is 11.8. The first-order valence-corrected chi connectivity index (χ1v) is 8.40. The van der Waals surface area contributed by atoms with Crippen molar-refractivity contribution in [3.63, 3.8) is 0 Å². The van der Waals surface area contributed by atoms with Crippen LogP contribution in [0.1, 0.15) is 12.6 Å². The van der Waals surface area contributed by atoms with Crippen molar-refractivity contribution in [3.8, 4) is 0 Å². The van der Waals surface area contributed by atoms with Crippen LogP contribution in [0.4, 0.5) is 16.6 Å². The number of hydrogen-bond acceptors (Lipinski definition) is 7. The predicted molar refractivity (Wildman–Crippen MR) is 94.6 cm³/mol. The molecule has 0 aliphatic carbocycles. The Morgan fingerprint density at radius 2 is 2.00 bits per heavy atom. The molecule has 1 aromatic rings. The highest BCUT2D eigenvalue weighted by atomic mass is 16.6. The first-order chi connectivity index (χ1) is 11.5. The maximum Gasteiger partial charge on any atom is 0.409 e. The van der Waals surface area contributed by atoms with Crippen molar-refractivity contribution in [2.45, 2.75) is 13.8 Å². The van der Waals surface area contributed by atoms with Gasteiger partial charge in [0, 0.05) is 51.0 Å². The van der Waals surface area contributed by atoms with Gasteiger partial charge in [0.2, 0.25) is 5.95 Å². The predicted octanol–water partition coefficient (Wildman–Crippen LogP) is 1.04. The number of carbonyl (C=O) groups is 1. The van der Waals surface area contributed by atoms with Gasteiger partial charge in [0.05, 0.1) is 6.61 Å². The average molecular weight is 336 g/mol. The SMILES string of the molecule is CCOC(=O)N1CCN(c2cc(C)nc(NCCN(C)C)n2)CC1. The number of hydrogen-bond donors (Lipinski definition) is 1. The van der Waals surface area contributed by atoms with Crippen LogP contribution in [-0.2, 0) is 4.74 Å². The number of ether oxygens (including phenoxy) is 1. The molecule has 0 saturated carbocycles. The van der Waals surface area contributed by atoms with E-state index in [2.05, 4.69) is 25.1 Å². The van der Waals surface area contributed by atoms with E-state index in [9.17, 15) is 4.79 Å². The normalized spacial score (nSPS) is 14.9. The molecule has 1 saturated heterocycles. The zero-order valence-electron chi connectivity index (χ0n) is 15.1. The number of nitrogens with one attached hydrogen (secondary N) is 1. The van der Waals surface area contributed by atoms with Crippen molar-refractivity contribution in [1.82, 2.24) is 19.8 Å². The van der Waals surface area contributed by atoms with Crippen molar-refractivity contribution < 1.29 is 9.53 Å². The van der Waals surface area contributed by atoms with Crippen LogP contribution in [0.2, 0.25) is 0 Å². The van der Waals surface area contributed by atoms with Gasteiger partial charge >= 0.3 is 6.09 Å². The molecule has 1 aromatic heterocycles. The molecule has 8 heteroatoms. The van der Waals surface area contributed by atoms with Gasteiger partial charge in [-0.05, 0) is 27.9 Å². The first-order valence-electron chi connectivity index (χ1n) is 8.40. The molecule has 1 N–H and O–H groups in total. The minimum atomic E-state index is -0.234. The molecule has 0 aromatic carbocycles. The summed E-state index contributed by atoms with van der Waals surface area (Å²) in [5, 5.41) is 3.26. The highest BCUT2D eigenvalue weighted by Gasteiger charge is 2.23. The van der Waals surface area contributed by atoms with Crippen LogP contribution < -0.4 is 10.2 Å². The number of nitrogens with zero attached hydrogens (tertiary/aromatic N) is 5. The second kappa shape index (κ2) is 8.68. The maximum absolute atomic E-state index is 11.8. The van der Waals surface area contributed by atoms with Crippen molar-refractivity contribution in [3.05, 3.63) is 11.8 Å². The summed E-state index contributed by atoms with van der Waals surface area (Å²) in [6.45, 7) is 8.69. The number of rotatable bonds is 6. The topological polar surface area (TPSA) is 73.8 Å². The third-order valence-corrected chi connectivity index (χ3v) is 3.81. The minimum Gasteiger partial charge on any atom is -0.450 e.